The topological polar surface area (TPSA) is 108 Å². The van der Waals surface area contributed by atoms with Crippen LogP contribution in [0.5, 0.6) is 0 Å². The number of hydrogen-bond donors (Lipinski definition) is 2. The van der Waals surface area contributed by atoms with Gasteiger partial charge < -0.3 is 14.9 Å². The monoisotopic (exact) mass is 523 g/mol. The Labute approximate surface area is 225 Å². The van der Waals surface area contributed by atoms with E-state index in [-0.39, 0.29) is 17.6 Å². The number of aromatic nitrogens is 3. The third-order valence-electron chi connectivity index (χ3n) is 6.38. The number of aliphatic hydroxyl groups excluding tert-OH is 1. The number of aliphatic hydroxyl groups is 1. The van der Waals surface area contributed by atoms with Crippen molar-refractivity contribution in [2.45, 2.75) is 58.7 Å². The molecule has 2 aromatic rings. The maximum absolute atomic E-state index is 13.1. The van der Waals surface area contributed by atoms with E-state index in [1.165, 1.54) is 6.11 Å². The van der Waals surface area contributed by atoms with Gasteiger partial charge in [0.1, 0.15) is 11.9 Å². The molecule has 10 heteroatoms. The molecule has 206 valence electrons. The molecule has 1 aliphatic carbocycles. The molecule has 0 aromatic carbocycles. The maximum Gasteiger partial charge on any atom is 0.329 e. The number of nitrogens with zero attached hydrogens (tertiary/aromatic N) is 6. The SMILES string of the molecule is C#CO.C=CC(C)N(C)C(Cn1c(=O)n(C2CC2)c2ccncc21)=NC/C=C\C.CCCN1CNCC1=O. The molecule has 0 spiro atoms. The van der Waals surface area contributed by atoms with Gasteiger partial charge in [0.15, 0.2) is 0 Å². The third kappa shape index (κ3) is 8.08. The predicted octanol–water partition coefficient (Wildman–Crippen LogP) is 2.75. The van der Waals surface area contributed by atoms with Crippen molar-refractivity contribution in [1.29, 1.82) is 0 Å². The Morgan fingerprint density at radius 1 is 1.42 bits per heavy atom. The number of terminal acetylenes is 1. The lowest BCUT2D eigenvalue weighted by molar-refractivity contribution is -0.126. The van der Waals surface area contributed by atoms with Gasteiger partial charge in [0, 0.05) is 31.9 Å². The number of carbonyl (C=O) groups is 1. The first-order chi connectivity index (χ1) is 18.3. The summed E-state index contributed by atoms with van der Waals surface area (Å²) in [5.74, 6) is 1.09. The molecule has 0 radical (unpaired) electrons. The van der Waals surface area contributed by atoms with Gasteiger partial charge in [-0.1, -0.05) is 31.6 Å². The van der Waals surface area contributed by atoms with Crippen molar-refractivity contribution >= 4 is 22.8 Å². The summed E-state index contributed by atoms with van der Waals surface area (Å²) in [6.45, 7) is 13.2. The van der Waals surface area contributed by atoms with Gasteiger partial charge in [0.05, 0.1) is 43.5 Å². The average Bonchev–Trinajstić information content (AvgIpc) is 3.61. The van der Waals surface area contributed by atoms with E-state index in [1.807, 2.05) is 47.7 Å². The van der Waals surface area contributed by atoms with E-state index in [0.29, 0.717) is 25.7 Å². The highest BCUT2D eigenvalue weighted by molar-refractivity contribution is 5.85. The van der Waals surface area contributed by atoms with Crippen molar-refractivity contribution in [2.75, 3.05) is 33.4 Å². The highest BCUT2D eigenvalue weighted by Crippen LogP contribution is 2.35. The van der Waals surface area contributed by atoms with Crippen LogP contribution in [-0.4, -0.2) is 80.2 Å². The lowest BCUT2D eigenvalue weighted by Gasteiger charge is -2.26. The van der Waals surface area contributed by atoms with Gasteiger partial charge in [0.25, 0.3) is 0 Å². The van der Waals surface area contributed by atoms with Crippen LogP contribution in [-0.2, 0) is 11.3 Å². The Bertz CT molecular complexity index is 1220. The minimum Gasteiger partial charge on any atom is -0.462 e. The van der Waals surface area contributed by atoms with E-state index in [0.717, 1.165) is 49.3 Å². The van der Waals surface area contributed by atoms with Gasteiger partial charge in [-0.25, -0.2) is 4.79 Å². The second-order valence-electron chi connectivity index (χ2n) is 9.12. The van der Waals surface area contributed by atoms with Crippen molar-refractivity contribution in [1.82, 2.24) is 29.2 Å². The molecule has 2 N–H and O–H groups in total. The third-order valence-corrected chi connectivity index (χ3v) is 6.38. The minimum atomic E-state index is 0.0221. The highest BCUT2D eigenvalue weighted by atomic mass is 16.2. The van der Waals surface area contributed by atoms with Crippen LogP contribution >= 0.6 is 0 Å². The minimum absolute atomic E-state index is 0.0221. The smallest absolute Gasteiger partial charge is 0.329 e. The molecule has 1 saturated carbocycles. The number of nitrogens with one attached hydrogen (secondary N) is 1. The fourth-order valence-corrected chi connectivity index (χ4v) is 4.01. The molecule has 1 atom stereocenters. The van der Waals surface area contributed by atoms with E-state index < -0.39 is 0 Å². The summed E-state index contributed by atoms with van der Waals surface area (Å²) in [7, 11) is 1.99. The molecular weight excluding hydrogens is 482 g/mol. The molecule has 2 aromatic heterocycles. The van der Waals surface area contributed by atoms with E-state index >= 15 is 0 Å². The zero-order valence-corrected chi connectivity index (χ0v) is 23.0. The molecule has 1 amide bonds. The van der Waals surface area contributed by atoms with Crippen LogP contribution in [0.3, 0.4) is 0 Å². The molecule has 1 unspecified atom stereocenters. The van der Waals surface area contributed by atoms with Crippen molar-refractivity contribution in [3.8, 4) is 12.5 Å². The second kappa shape index (κ2) is 15.4. The van der Waals surface area contributed by atoms with Gasteiger partial charge in [-0.2, -0.15) is 0 Å². The number of imidazole rings is 1. The van der Waals surface area contributed by atoms with Gasteiger partial charge in [-0.05, 0) is 39.2 Å². The number of hydrogen-bond acceptors (Lipinski definition) is 6. The molecule has 2 fully saturated rings. The molecule has 10 nitrogen and oxygen atoms in total. The predicted molar refractivity (Wildman–Crippen MR) is 152 cm³/mol. The molecular formula is C28H41N7O3. The molecule has 1 aliphatic heterocycles. The zero-order chi connectivity index (χ0) is 28.1. The quantitative estimate of drug-likeness (QED) is 0.227. The summed E-state index contributed by atoms with van der Waals surface area (Å²) in [5, 5.41) is 10.1. The van der Waals surface area contributed by atoms with Crippen LogP contribution in [0.1, 0.15) is 46.1 Å². The van der Waals surface area contributed by atoms with Crippen LogP contribution in [0.4, 0.5) is 0 Å². The highest BCUT2D eigenvalue weighted by Gasteiger charge is 2.29. The van der Waals surface area contributed by atoms with E-state index in [4.69, 9.17) is 10.1 Å². The molecule has 3 heterocycles. The summed E-state index contributed by atoms with van der Waals surface area (Å²) in [4.78, 5) is 36.8. The number of amidine groups is 1. The molecule has 1 saturated heterocycles. The molecule has 38 heavy (non-hydrogen) atoms. The van der Waals surface area contributed by atoms with Crippen LogP contribution < -0.4 is 11.0 Å². The van der Waals surface area contributed by atoms with Crippen LogP contribution in [0.2, 0.25) is 0 Å². The maximum atomic E-state index is 13.1. The largest absolute Gasteiger partial charge is 0.462 e. The normalized spacial score (nSPS) is 15.9. The zero-order valence-electron chi connectivity index (χ0n) is 23.0. The Balaban J connectivity index is 0.000000351. The van der Waals surface area contributed by atoms with Crippen LogP contribution in [0.15, 0.2) is 53.1 Å². The summed E-state index contributed by atoms with van der Waals surface area (Å²) < 4.78 is 3.71. The summed E-state index contributed by atoms with van der Waals surface area (Å²) in [6, 6.07) is 2.38. The number of rotatable bonds is 9. The van der Waals surface area contributed by atoms with Gasteiger partial charge >= 0.3 is 5.69 Å². The number of likely N-dealkylation sites (N-methyl/N-ethyl adjacent to an activating group) is 1. The second-order valence-corrected chi connectivity index (χ2v) is 9.12. The molecule has 2 aliphatic rings. The number of carbonyl (C=O) groups excluding carboxylic acids is 1. The van der Waals surface area contributed by atoms with E-state index in [2.05, 4.69) is 42.1 Å². The number of pyridine rings is 1. The Morgan fingerprint density at radius 2 is 2.13 bits per heavy atom. The average molecular weight is 524 g/mol. The van der Waals surface area contributed by atoms with Crippen LogP contribution in [0.25, 0.3) is 11.0 Å². The first-order valence-electron chi connectivity index (χ1n) is 13.0. The standard InChI is InChI=1S/C20H27N5O.C6H12N2O.C2H2O/c1-5-7-11-22-19(23(4)15(3)6-2)14-24-18-13-21-12-10-17(18)25(20(24)26)16-8-9-16;1-2-3-8-5-7-4-6(8)9;1-2-3/h5-7,10,12-13,15-16H,2,8-9,11,14H2,1,3-4H3;7H,2-5H2,1H3;1,3H/b7-5-,22-19?;;. The Morgan fingerprint density at radius 3 is 2.68 bits per heavy atom. The van der Waals surface area contributed by atoms with Crippen molar-refractivity contribution in [2.24, 2.45) is 4.99 Å². The molecule has 0 bridgehead atoms. The first-order valence-corrected chi connectivity index (χ1v) is 13.0. The summed E-state index contributed by atoms with van der Waals surface area (Å²) >= 11 is 0. The van der Waals surface area contributed by atoms with Gasteiger partial charge in [0.2, 0.25) is 5.91 Å². The fraction of sp³-hybridized carbons (Fsp3) is 0.500. The molecule has 4 rings (SSSR count). The number of aliphatic imine (C=N–C) groups is 1. The fourth-order valence-electron chi connectivity index (χ4n) is 4.01. The lowest BCUT2D eigenvalue weighted by Crippen LogP contribution is -2.39. The van der Waals surface area contributed by atoms with Gasteiger partial charge in [-0.15, -0.1) is 6.58 Å². The van der Waals surface area contributed by atoms with Crippen molar-refractivity contribution in [3.63, 3.8) is 0 Å². The number of amides is 1. The Kier molecular flexibility index (Phi) is 12.3. The van der Waals surface area contributed by atoms with Crippen molar-refractivity contribution in [3.05, 3.63) is 53.8 Å². The first kappa shape index (κ1) is 30.4. The van der Waals surface area contributed by atoms with Gasteiger partial charge in [-0.3, -0.25) is 29.2 Å². The van der Waals surface area contributed by atoms with E-state index in [9.17, 15) is 9.59 Å². The summed E-state index contributed by atoms with van der Waals surface area (Å²) in [6.07, 6.45) is 18.0. The Hall–Kier alpha value is -3.84. The number of fused-ring (bicyclic) bond motifs is 1. The van der Waals surface area contributed by atoms with Crippen LogP contribution in [0, 0.1) is 12.5 Å². The van der Waals surface area contributed by atoms with Crippen molar-refractivity contribution < 1.29 is 9.90 Å². The number of allylic oxidation sites excluding steroid dienone is 1. The van der Waals surface area contributed by atoms with E-state index in [1.54, 1.807) is 17.0 Å². The lowest BCUT2D eigenvalue weighted by atomic mass is 10.3. The summed E-state index contributed by atoms with van der Waals surface area (Å²) in [5.41, 5.74) is 1.84.